The van der Waals surface area contributed by atoms with Crippen molar-refractivity contribution >= 4 is 11.6 Å². The molecule has 0 aliphatic heterocycles. The van der Waals surface area contributed by atoms with Gasteiger partial charge in [0.15, 0.2) is 0 Å². The van der Waals surface area contributed by atoms with Gasteiger partial charge in [-0.25, -0.2) is 4.39 Å². The molecule has 0 heterocycles. The number of halogens is 1. The molecular weight excluding hydrogens is 211 g/mol. The Balaban J connectivity index is 2.19. The number of hydrogen-bond donors (Lipinski definition) is 2. The van der Waals surface area contributed by atoms with Crippen molar-refractivity contribution in [3.05, 3.63) is 24.0 Å². The minimum Gasteiger partial charge on any atom is -0.495 e. The van der Waals surface area contributed by atoms with Crippen LogP contribution < -0.4 is 15.8 Å². The zero-order valence-electron chi connectivity index (χ0n) is 8.92. The number of amides is 1. The lowest BCUT2D eigenvalue weighted by Crippen LogP contribution is -2.37. The molecule has 1 amide bonds. The molecule has 16 heavy (non-hydrogen) atoms. The molecule has 0 unspecified atom stereocenters. The molecule has 1 fully saturated rings. The average Bonchev–Trinajstić information content (AvgIpc) is 2.98. The number of hydrogen-bond acceptors (Lipinski definition) is 3. The van der Waals surface area contributed by atoms with Crippen LogP contribution in [0.4, 0.5) is 10.1 Å². The van der Waals surface area contributed by atoms with E-state index >= 15 is 0 Å². The molecule has 0 atom stereocenters. The molecule has 1 saturated carbocycles. The Bertz CT molecular complexity index is 430. The van der Waals surface area contributed by atoms with Crippen LogP contribution in [0.2, 0.25) is 0 Å². The van der Waals surface area contributed by atoms with Crippen LogP contribution in [0.15, 0.2) is 18.2 Å². The molecule has 0 saturated heterocycles. The van der Waals surface area contributed by atoms with Crippen LogP contribution in [0.25, 0.3) is 0 Å². The highest BCUT2D eigenvalue weighted by Gasteiger charge is 2.46. The van der Waals surface area contributed by atoms with E-state index in [1.54, 1.807) is 0 Å². The monoisotopic (exact) mass is 224 g/mol. The molecule has 86 valence electrons. The van der Waals surface area contributed by atoms with E-state index in [9.17, 15) is 9.18 Å². The highest BCUT2D eigenvalue weighted by Crippen LogP contribution is 2.34. The number of nitrogens with one attached hydrogen (secondary N) is 1. The highest BCUT2D eigenvalue weighted by molar-refractivity contribution is 6.00. The normalized spacial score (nSPS) is 16.7. The molecule has 4 nitrogen and oxygen atoms in total. The fourth-order valence-corrected chi connectivity index (χ4v) is 1.39. The first-order valence-electron chi connectivity index (χ1n) is 4.99. The molecule has 1 aliphatic rings. The average molecular weight is 224 g/mol. The Morgan fingerprint density at radius 2 is 2.25 bits per heavy atom. The molecular formula is C11H13FN2O2. The van der Waals surface area contributed by atoms with E-state index in [1.165, 1.54) is 25.3 Å². The lowest BCUT2D eigenvalue weighted by atomic mass is 10.2. The van der Waals surface area contributed by atoms with Gasteiger partial charge in [-0.1, -0.05) is 0 Å². The quantitative estimate of drug-likeness (QED) is 0.812. The lowest BCUT2D eigenvalue weighted by molar-refractivity contribution is -0.118. The minimum absolute atomic E-state index is 0.295. The molecule has 1 aromatic rings. The Morgan fingerprint density at radius 3 is 2.81 bits per heavy atom. The van der Waals surface area contributed by atoms with Crippen LogP contribution in [0.5, 0.6) is 5.75 Å². The standard InChI is InChI=1S/C11H13FN2O2/c1-16-9-3-2-7(12)6-8(9)14-10(15)11(13)4-5-11/h2-3,6H,4-5,13H2,1H3,(H,14,15). The van der Waals surface area contributed by atoms with Gasteiger partial charge < -0.3 is 15.8 Å². The third-order valence-corrected chi connectivity index (χ3v) is 2.65. The fraction of sp³-hybridized carbons (Fsp3) is 0.364. The van der Waals surface area contributed by atoms with E-state index in [4.69, 9.17) is 10.5 Å². The summed E-state index contributed by atoms with van der Waals surface area (Å²) in [7, 11) is 1.46. The number of benzene rings is 1. The number of nitrogens with two attached hydrogens (primary N) is 1. The number of carbonyl (C=O) groups excluding carboxylic acids is 1. The molecule has 1 aromatic carbocycles. The van der Waals surface area contributed by atoms with Gasteiger partial charge in [0.1, 0.15) is 11.6 Å². The topological polar surface area (TPSA) is 64.3 Å². The second kappa shape index (κ2) is 3.75. The van der Waals surface area contributed by atoms with Crippen molar-refractivity contribution in [2.45, 2.75) is 18.4 Å². The summed E-state index contributed by atoms with van der Waals surface area (Å²) in [5, 5.41) is 2.58. The van der Waals surface area contributed by atoms with Gasteiger partial charge in [0.2, 0.25) is 5.91 Å². The van der Waals surface area contributed by atoms with Crippen LogP contribution in [0, 0.1) is 5.82 Å². The van der Waals surface area contributed by atoms with Crippen LogP contribution in [0.3, 0.4) is 0 Å². The van der Waals surface area contributed by atoms with Gasteiger partial charge in [0.25, 0.3) is 0 Å². The maximum absolute atomic E-state index is 13.0. The van der Waals surface area contributed by atoms with Crippen LogP contribution in [0.1, 0.15) is 12.8 Å². The van der Waals surface area contributed by atoms with E-state index in [2.05, 4.69) is 5.32 Å². The summed E-state index contributed by atoms with van der Waals surface area (Å²) in [6.07, 6.45) is 1.33. The van der Waals surface area contributed by atoms with Gasteiger partial charge in [-0.3, -0.25) is 4.79 Å². The summed E-state index contributed by atoms with van der Waals surface area (Å²) in [5.41, 5.74) is 5.25. The summed E-state index contributed by atoms with van der Waals surface area (Å²) >= 11 is 0. The zero-order valence-corrected chi connectivity index (χ0v) is 8.92. The van der Waals surface area contributed by atoms with Crippen molar-refractivity contribution < 1.29 is 13.9 Å². The summed E-state index contributed by atoms with van der Waals surface area (Å²) < 4.78 is 18.0. The molecule has 3 N–H and O–H groups in total. The lowest BCUT2D eigenvalue weighted by Gasteiger charge is -2.13. The van der Waals surface area contributed by atoms with Gasteiger partial charge >= 0.3 is 0 Å². The number of ether oxygens (including phenoxy) is 1. The van der Waals surface area contributed by atoms with Gasteiger partial charge in [-0.05, 0) is 25.0 Å². The molecule has 0 spiro atoms. The zero-order chi connectivity index (χ0) is 11.8. The summed E-state index contributed by atoms with van der Waals surface area (Å²) in [5.74, 6) is -0.312. The Kier molecular flexibility index (Phi) is 2.55. The van der Waals surface area contributed by atoms with E-state index in [0.29, 0.717) is 24.3 Å². The maximum Gasteiger partial charge on any atom is 0.244 e. The summed E-state index contributed by atoms with van der Waals surface area (Å²) in [6.45, 7) is 0. The third-order valence-electron chi connectivity index (χ3n) is 2.65. The molecule has 2 rings (SSSR count). The largest absolute Gasteiger partial charge is 0.495 e. The number of methoxy groups -OCH3 is 1. The van der Waals surface area contributed by atoms with E-state index < -0.39 is 11.4 Å². The minimum atomic E-state index is -0.780. The first-order valence-corrected chi connectivity index (χ1v) is 4.99. The van der Waals surface area contributed by atoms with Crippen molar-refractivity contribution in [2.24, 2.45) is 5.73 Å². The smallest absolute Gasteiger partial charge is 0.244 e. The van der Waals surface area contributed by atoms with E-state index in [0.717, 1.165) is 0 Å². The number of anilines is 1. The van der Waals surface area contributed by atoms with Crippen molar-refractivity contribution in [1.82, 2.24) is 0 Å². The molecule has 1 aliphatic carbocycles. The first-order chi connectivity index (χ1) is 7.55. The maximum atomic E-state index is 13.0. The first kappa shape index (κ1) is 10.9. The van der Waals surface area contributed by atoms with Gasteiger partial charge in [0, 0.05) is 6.07 Å². The van der Waals surface area contributed by atoms with Crippen molar-refractivity contribution in [3.63, 3.8) is 0 Å². The van der Waals surface area contributed by atoms with Crippen molar-refractivity contribution in [2.75, 3.05) is 12.4 Å². The van der Waals surface area contributed by atoms with Crippen LogP contribution in [-0.4, -0.2) is 18.6 Å². The number of rotatable bonds is 3. The predicted molar refractivity (Wildman–Crippen MR) is 57.7 cm³/mol. The SMILES string of the molecule is COc1ccc(F)cc1NC(=O)C1(N)CC1. The number of carbonyl (C=O) groups is 1. The fourth-order valence-electron chi connectivity index (χ4n) is 1.39. The predicted octanol–water partition coefficient (Wildman–Crippen LogP) is 1.26. The second-order valence-electron chi connectivity index (χ2n) is 3.95. The molecule has 0 bridgehead atoms. The summed E-state index contributed by atoms with van der Waals surface area (Å²) in [6, 6.07) is 3.94. The van der Waals surface area contributed by atoms with Crippen molar-refractivity contribution in [3.8, 4) is 5.75 Å². The van der Waals surface area contributed by atoms with Crippen LogP contribution >= 0.6 is 0 Å². The van der Waals surface area contributed by atoms with E-state index in [1.807, 2.05) is 0 Å². The van der Waals surface area contributed by atoms with Gasteiger partial charge in [-0.15, -0.1) is 0 Å². The van der Waals surface area contributed by atoms with E-state index in [-0.39, 0.29) is 5.91 Å². The Labute approximate surface area is 92.6 Å². The third kappa shape index (κ3) is 1.99. The second-order valence-corrected chi connectivity index (χ2v) is 3.95. The van der Waals surface area contributed by atoms with Gasteiger partial charge in [-0.2, -0.15) is 0 Å². The Hall–Kier alpha value is -1.62. The Morgan fingerprint density at radius 1 is 1.56 bits per heavy atom. The highest BCUT2D eigenvalue weighted by atomic mass is 19.1. The molecule has 5 heteroatoms. The van der Waals surface area contributed by atoms with Gasteiger partial charge in [0.05, 0.1) is 18.3 Å². The molecule has 0 aromatic heterocycles. The van der Waals surface area contributed by atoms with Crippen LogP contribution in [-0.2, 0) is 4.79 Å². The van der Waals surface area contributed by atoms with Crippen molar-refractivity contribution in [1.29, 1.82) is 0 Å². The summed E-state index contributed by atoms with van der Waals surface area (Å²) in [4.78, 5) is 11.7. The molecule has 0 radical (unpaired) electrons.